The second-order valence-corrected chi connectivity index (χ2v) is 2.51. The summed E-state index contributed by atoms with van der Waals surface area (Å²) in [5.41, 5.74) is 6.34. The largest absolute Gasteiger partial charge is 0.465 e. The predicted molar refractivity (Wildman–Crippen MR) is 62.3 cm³/mol. The van der Waals surface area contributed by atoms with E-state index in [1.54, 1.807) is 31.5 Å². The number of nitrogens with zero attached hydrogens (tertiary/aromatic N) is 1. The summed E-state index contributed by atoms with van der Waals surface area (Å²) in [7, 11) is 0. The van der Waals surface area contributed by atoms with E-state index in [2.05, 4.69) is 4.98 Å². The van der Waals surface area contributed by atoms with Gasteiger partial charge in [0.15, 0.2) is 0 Å². The number of halogens is 2. The van der Waals surface area contributed by atoms with Crippen molar-refractivity contribution in [2.75, 3.05) is 6.61 Å². The van der Waals surface area contributed by atoms with Crippen LogP contribution in [0.1, 0.15) is 18.5 Å². The van der Waals surface area contributed by atoms with Gasteiger partial charge in [0.2, 0.25) is 0 Å². The van der Waals surface area contributed by atoms with Crippen molar-refractivity contribution < 1.29 is 9.53 Å². The van der Waals surface area contributed by atoms with E-state index in [9.17, 15) is 4.79 Å². The lowest BCUT2D eigenvalue weighted by atomic mass is 10.1. The minimum absolute atomic E-state index is 0. The molecule has 6 heteroatoms. The van der Waals surface area contributed by atoms with Crippen molar-refractivity contribution in [2.24, 2.45) is 5.73 Å². The molecule has 0 fully saturated rings. The first-order valence-electron chi connectivity index (χ1n) is 4.08. The van der Waals surface area contributed by atoms with Crippen LogP contribution >= 0.6 is 24.8 Å². The number of esters is 1. The topological polar surface area (TPSA) is 65.2 Å². The van der Waals surface area contributed by atoms with Crippen LogP contribution in [0.15, 0.2) is 24.5 Å². The molecule has 15 heavy (non-hydrogen) atoms. The van der Waals surface area contributed by atoms with Crippen LogP contribution in [0, 0.1) is 0 Å². The molecule has 0 radical (unpaired) electrons. The minimum atomic E-state index is -0.706. The van der Waals surface area contributed by atoms with Gasteiger partial charge < -0.3 is 10.5 Å². The van der Waals surface area contributed by atoms with Crippen LogP contribution in [0.5, 0.6) is 0 Å². The molecule has 0 aromatic carbocycles. The van der Waals surface area contributed by atoms with E-state index in [-0.39, 0.29) is 24.8 Å². The number of ether oxygens (including phenoxy) is 1. The molecule has 1 unspecified atom stereocenters. The van der Waals surface area contributed by atoms with Gasteiger partial charge in [-0.25, -0.2) is 4.79 Å². The molecule has 0 saturated heterocycles. The Balaban J connectivity index is 0. The van der Waals surface area contributed by atoms with Crippen molar-refractivity contribution in [3.05, 3.63) is 30.1 Å². The van der Waals surface area contributed by atoms with Crippen LogP contribution in [-0.4, -0.2) is 17.6 Å². The molecular formula is C9H14Cl2N2O2. The molecule has 0 bridgehead atoms. The molecule has 1 rings (SSSR count). The average Bonchev–Trinajstić information content (AvgIpc) is 2.18. The third kappa shape index (κ3) is 4.97. The molecule has 0 spiro atoms. The monoisotopic (exact) mass is 252 g/mol. The molecule has 0 aliphatic heterocycles. The molecule has 1 aromatic heterocycles. The third-order valence-corrected chi connectivity index (χ3v) is 1.61. The Hall–Kier alpha value is -0.840. The molecule has 4 nitrogen and oxygen atoms in total. The average molecular weight is 253 g/mol. The Morgan fingerprint density at radius 3 is 2.47 bits per heavy atom. The quantitative estimate of drug-likeness (QED) is 0.829. The van der Waals surface area contributed by atoms with Crippen LogP contribution in [0.4, 0.5) is 0 Å². The van der Waals surface area contributed by atoms with Gasteiger partial charge >= 0.3 is 5.97 Å². The van der Waals surface area contributed by atoms with Crippen molar-refractivity contribution in [3.63, 3.8) is 0 Å². The molecule has 0 aliphatic rings. The second kappa shape index (κ2) is 8.47. The lowest BCUT2D eigenvalue weighted by Crippen LogP contribution is -2.23. The number of pyridine rings is 1. The highest BCUT2D eigenvalue weighted by Gasteiger charge is 2.15. The smallest absolute Gasteiger partial charge is 0.327 e. The number of rotatable bonds is 3. The van der Waals surface area contributed by atoms with Crippen LogP contribution in [0.25, 0.3) is 0 Å². The maximum atomic E-state index is 11.2. The third-order valence-electron chi connectivity index (χ3n) is 1.61. The van der Waals surface area contributed by atoms with Crippen LogP contribution < -0.4 is 5.73 Å². The molecule has 1 heterocycles. The summed E-state index contributed by atoms with van der Waals surface area (Å²) in [4.78, 5) is 15.0. The maximum Gasteiger partial charge on any atom is 0.327 e. The zero-order valence-electron chi connectivity index (χ0n) is 8.25. The Labute approximate surface area is 101 Å². The van der Waals surface area contributed by atoms with Crippen LogP contribution in [-0.2, 0) is 9.53 Å². The van der Waals surface area contributed by atoms with Gasteiger partial charge in [0, 0.05) is 12.4 Å². The van der Waals surface area contributed by atoms with Gasteiger partial charge in [-0.3, -0.25) is 4.98 Å². The van der Waals surface area contributed by atoms with Gasteiger partial charge in [0.1, 0.15) is 6.04 Å². The van der Waals surface area contributed by atoms with E-state index in [0.717, 1.165) is 0 Å². The molecule has 0 aliphatic carbocycles. The van der Waals surface area contributed by atoms with E-state index in [0.29, 0.717) is 12.2 Å². The van der Waals surface area contributed by atoms with E-state index in [4.69, 9.17) is 10.5 Å². The Bertz CT molecular complexity index is 283. The first kappa shape index (κ1) is 16.6. The van der Waals surface area contributed by atoms with Crippen molar-refractivity contribution >= 4 is 30.8 Å². The Morgan fingerprint density at radius 2 is 2.00 bits per heavy atom. The van der Waals surface area contributed by atoms with Crippen LogP contribution in [0.2, 0.25) is 0 Å². The number of aromatic nitrogens is 1. The lowest BCUT2D eigenvalue weighted by molar-refractivity contribution is -0.144. The molecule has 1 atom stereocenters. The van der Waals surface area contributed by atoms with Gasteiger partial charge in [-0.1, -0.05) is 0 Å². The summed E-state index contributed by atoms with van der Waals surface area (Å²) in [5, 5.41) is 0. The van der Waals surface area contributed by atoms with Crippen molar-refractivity contribution in [2.45, 2.75) is 13.0 Å². The first-order valence-corrected chi connectivity index (χ1v) is 4.08. The molecule has 86 valence electrons. The summed E-state index contributed by atoms with van der Waals surface area (Å²) < 4.78 is 4.77. The predicted octanol–water partition coefficient (Wildman–Crippen LogP) is 1.49. The van der Waals surface area contributed by atoms with E-state index < -0.39 is 12.0 Å². The Kier molecular flexibility index (Phi) is 9.36. The minimum Gasteiger partial charge on any atom is -0.465 e. The van der Waals surface area contributed by atoms with Crippen molar-refractivity contribution in [1.29, 1.82) is 0 Å². The molecule has 0 amide bonds. The second-order valence-electron chi connectivity index (χ2n) is 2.51. The highest BCUT2D eigenvalue weighted by atomic mass is 35.5. The highest BCUT2D eigenvalue weighted by Crippen LogP contribution is 2.09. The molecule has 0 saturated carbocycles. The number of nitrogens with two attached hydrogens (primary N) is 1. The van der Waals surface area contributed by atoms with Gasteiger partial charge in [-0.15, -0.1) is 24.8 Å². The van der Waals surface area contributed by atoms with Gasteiger partial charge in [-0.2, -0.15) is 0 Å². The standard InChI is InChI=1S/C9H12N2O2.2ClH/c1-2-13-9(12)8(10)7-3-5-11-6-4-7;;/h3-6,8H,2,10H2,1H3;2*1H. The lowest BCUT2D eigenvalue weighted by Gasteiger charge is -2.09. The zero-order valence-corrected chi connectivity index (χ0v) is 9.88. The molecular weight excluding hydrogens is 239 g/mol. The molecule has 2 N–H and O–H groups in total. The summed E-state index contributed by atoms with van der Waals surface area (Å²) in [6, 6.07) is 2.69. The van der Waals surface area contributed by atoms with Gasteiger partial charge in [0.25, 0.3) is 0 Å². The maximum absolute atomic E-state index is 11.2. The number of hydrogen-bond donors (Lipinski definition) is 1. The summed E-state index contributed by atoms with van der Waals surface area (Å²) in [6.07, 6.45) is 3.18. The van der Waals surface area contributed by atoms with Gasteiger partial charge in [0.05, 0.1) is 6.61 Å². The van der Waals surface area contributed by atoms with Crippen molar-refractivity contribution in [1.82, 2.24) is 4.98 Å². The zero-order chi connectivity index (χ0) is 9.68. The number of hydrogen-bond acceptors (Lipinski definition) is 4. The number of carbonyl (C=O) groups excluding carboxylic acids is 1. The SMILES string of the molecule is CCOC(=O)C(N)c1ccncc1.Cl.Cl. The summed E-state index contributed by atoms with van der Waals surface area (Å²) in [6.45, 7) is 2.09. The summed E-state index contributed by atoms with van der Waals surface area (Å²) >= 11 is 0. The molecule has 1 aromatic rings. The Morgan fingerprint density at radius 1 is 1.47 bits per heavy atom. The summed E-state index contributed by atoms with van der Waals surface area (Å²) in [5.74, 6) is -0.409. The fourth-order valence-electron chi connectivity index (χ4n) is 0.939. The fourth-order valence-corrected chi connectivity index (χ4v) is 0.939. The van der Waals surface area contributed by atoms with Crippen LogP contribution in [0.3, 0.4) is 0 Å². The van der Waals surface area contributed by atoms with E-state index in [1.165, 1.54) is 0 Å². The highest BCUT2D eigenvalue weighted by molar-refractivity contribution is 5.85. The normalized spacial score (nSPS) is 10.5. The first-order chi connectivity index (χ1) is 6.25. The van der Waals surface area contributed by atoms with Gasteiger partial charge in [-0.05, 0) is 24.6 Å². The number of carbonyl (C=O) groups is 1. The fraction of sp³-hybridized carbons (Fsp3) is 0.333. The van der Waals surface area contributed by atoms with E-state index >= 15 is 0 Å². The van der Waals surface area contributed by atoms with E-state index in [1.807, 2.05) is 0 Å². The van der Waals surface area contributed by atoms with Crippen molar-refractivity contribution in [3.8, 4) is 0 Å².